The first-order valence-corrected chi connectivity index (χ1v) is 15.1. The molecule has 0 aliphatic carbocycles. The summed E-state index contributed by atoms with van der Waals surface area (Å²) in [5, 5.41) is 14.9. The van der Waals surface area contributed by atoms with E-state index >= 15 is 0 Å². The van der Waals surface area contributed by atoms with Crippen LogP contribution in [-0.4, -0.2) is 48.9 Å². The summed E-state index contributed by atoms with van der Waals surface area (Å²) in [6, 6.07) is 24.2. The van der Waals surface area contributed by atoms with Crippen molar-refractivity contribution in [2.45, 2.75) is 69.8 Å². The molecule has 2 atom stereocenters. The lowest BCUT2D eigenvalue weighted by atomic mass is 9.64. The molecule has 2 amide bonds. The van der Waals surface area contributed by atoms with Gasteiger partial charge >= 0.3 is 5.97 Å². The highest BCUT2D eigenvalue weighted by molar-refractivity contribution is 5.90. The number of hydrogen-bond acceptors (Lipinski definition) is 7. The van der Waals surface area contributed by atoms with Gasteiger partial charge in [0.2, 0.25) is 5.91 Å². The van der Waals surface area contributed by atoms with Crippen LogP contribution in [0.5, 0.6) is 5.75 Å². The number of aliphatic hydroxyl groups is 1. The molecule has 3 aromatic rings. The fourth-order valence-corrected chi connectivity index (χ4v) is 5.30. The van der Waals surface area contributed by atoms with Crippen LogP contribution in [0.25, 0.3) is 0 Å². The van der Waals surface area contributed by atoms with Gasteiger partial charge in [0.1, 0.15) is 12.0 Å². The van der Waals surface area contributed by atoms with Crippen molar-refractivity contribution in [3.8, 4) is 5.75 Å². The van der Waals surface area contributed by atoms with Crippen molar-refractivity contribution in [3.05, 3.63) is 101 Å². The molecule has 9 nitrogen and oxygen atoms in total. The van der Waals surface area contributed by atoms with Crippen LogP contribution in [0.2, 0.25) is 0 Å². The summed E-state index contributed by atoms with van der Waals surface area (Å²) in [6.07, 6.45) is 3.86. The number of aliphatic hydroxyl groups excluding tert-OH is 1. The number of ether oxygens (including phenoxy) is 1. The number of nitrogens with one attached hydrogen (secondary N) is 2. The molecule has 0 aromatic heterocycles. The maximum atomic E-state index is 12.6. The fourth-order valence-electron chi connectivity index (χ4n) is 5.30. The van der Waals surface area contributed by atoms with Crippen LogP contribution < -0.4 is 15.5 Å². The molecule has 44 heavy (non-hydrogen) atoms. The van der Waals surface area contributed by atoms with Gasteiger partial charge in [-0.2, -0.15) is 5.48 Å². The first kappa shape index (κ1) is 34.0. The zero-order valence-electron chi connectivity index (χ0n) is 25.4. The van der Waals surface area contributed by atoms with E-state index in [2.05, 4.69) is 10.8 Å². The molecule has 0 radical (unpaired) electrons. The second kappa shape index (κ2) is 17.6. The van der Waals surface area contributed by atoms with Crippen molar-refractivity contribution in [2.75, 3.05) is 13.7 Å². The molecular weight excluding hydrogens is 560 g/mol. The molecule has 0 heterocycles. The zero-order valence-corrected chi connectivity index (χ0v) is 25.4. The highest BCUT2D eigenvalue weighted by atomic mass is 16.7. The summed E-state index contributed by atoms with van der Waals surface area (Å²) >= 11 is 0. The number of carbonyl (C=O) groups excluding carboxylic acids is 4. The molecule has 0 fully saturated rings. The fraction of sp³-hybridized carbons (Fsp3) is 0.371. The Morgan fingerprint density at radius 1 is 0.841 bits per heavy atom. The van der Waals surface area contributed by atoms with Crippen molar-refractivity contribution in [2.24, 2.45) is 0 Å². The third-order valence-corrected chi connectivity index (χ3v) is 7.55. The Bertz CT molecular complexity index is 1340. The van der Waals surface area contributed by atoms with E-state index in [0.717, 1.165) is 35.8 Å². The monoisotopic (exact) mass is 602 g/mol. The van der Waals surface area contributed by atoms with E-state index in [1.54, 1.807) is 31.4 Å². The molecule has 0 bridgehead atoms. The Balaban J connectivity index is 1.90. The maximum absolute atomic E-state index is 12.6. The van der Waals surface area contributed by atoms with Gasteiger partial charge in [-0.05, 0) is 60.2 Å². The summed E-state index contributed by atoms with van der Waals surface area (Å²) in [5.41, 5.74) is 3.95. The van der Waals surface area contributed by atoms with Gasteiger partial charge in [-0.3, -0.25) is 9.59 Å². The summed E-state index contributed by atoms with van der Waals surface area (Å²) in [4.78, 5) is 51.6. The Labute approximate surface area is 258 Å². The first-order chi connectivity index (χ1) is 21.4. The minimum Gasteiger partial charge on any atom is -0.497 e. The molecule has 3 N–H and O–H groups in total. The van der Waals surface area contributed by atoms with Crippen LogP contribution in [-0.2, 0) is 24.6 Å². The van der Waals surface area contributed by atoms with Crippen molar-refractivity contribution < 1.29 is 33.9 Å². The predicted molar refractivity (Wildman–Crippen MR) is 167 cm³/mol. The number of carbonyl (C=O) groups is 4. The molecule has 0 aliphatic rings. The lowest BCUT2D eigenvalue weighted by molar-refractivity contribution is -0.130. The molecule has 0 saturated heterocycles. The van der Waals surface area contributed by atoms with Crippen LogP contribution in [0.3, 0.4) is 0 Å². The number of hydroxylamine groups is 1. The largest absolute Gasteiger partial charge is 0.497 e. The van der Waals surface area contributed by atoms with Crippen LogP contribution in [0.4, 0.5) is 0 Å². The molecule has 9 heteroatoms. The van der Waals surface area contributed by atoms with Gasteiger partial charge in [-0.1, -0.05) is 74.4 Å². The smallest absolute Gasteiger partial charge is 0.362 e. The van der Waals surface area contributed by atoms with Crippen molar-refractivity contribution in [1.29, 1.82) is 0 Å². The molecular formula is C35H42N2O7. The van der Waals surface area contributed by atoms with Gasteiger partial charge in [0.25, 0.3) is 5.91 Å². The van der Waals surface area contributed by atoms with E-state index in [1.165, 1.54) is 0 Å². The topological polar surface area (TPSA) is 131 Å². The van der Waals surface area contributed by atoms with Gasteiger partial charge in [-0.15, -0.1) is 0 Å². The lowest BCUT2D eigenvalue weighted by Crippen LogP contribution is -2.42. The third kappa shape index (κ3) is 9.00. The van der Waals surface area contributed by atoms with E-state index in [9.17, 15) is 24.3 Å². The van der Waals surface area contributed by atoms with Crippen molar-refractivity contribution in [1.82, 2.24) is 10.8 Å². The normalized spacial score (nSPS) is 12.8. The summed E-state index contributed by atoms with van der Waals surface area (Å²) in [7, 11) is 1.60. The highest BCUT2D eigenvalue weighted by Gasteiger charge is 2.43. The van der Waals surface area contributed by atoms with Crippen LogP contribution in [0.15, 0.2) is 78.9 Å². The number of amides is 2. The highest BCUT2D eigenvalue weighted by Crippen LogP contribution is 2.44. The van der Waals surface area contributed by atoms with Gasteiger partial charge in [-0.25, -0.2) is 4.79 Å². The lowest BCUT2D eigenvalue weighted by Gasteiger charge is -2.40. The van der Waals surface area contributed by atoms with Gasteiger partial charge in [0, 0.05) is 25.8 Å². The number of aldehydes is 1. The Kier molecular flexibility index (Phi) is 13.6. The number of hydrogen-bond donors (Lipinski definition) is 3. The second-order valence-electron chi connectivity index (χ2n) is 10.6. The Morgan fingerprint density at radius 2 is 1.48 bits per heavy atom. The molecule has 0 aliphatic heterocycles. The molecule has 234 valence electrons. The summed E-state index contributed by atoms with van der Waals surface area (Å²) in [6.45, 7) is 2.36. The quantitative estimate of drug-likeness (QED) is 0.0855. The van der Waals surface area contributed by atoms with E-state index in [4.69, 9.17) is 9.57 Å². The molecule has 3 aromatic carbocycles. The molecule has 3 rings (SSSR count). The summed E-state index contributed by atoms with van der Waals surface area (Å²) in [5.74, 6) is -0.517. The second-order valence-corrected chi connectivity index (χ2v) is 10.6. The Hall–Kier alpha value is -4.50. The zero-order chi connectivity index (χ0) is 31.8. The van der Waals surface area contributed by atoms with E-state index < -0.39 is 17.5 Å². The minimum atomic E-state index is -0.992. The average Bonchev–Trinajstić information content (AvgIpc) is 3.05. The van der Waals surface area contributed by atoms with Crippen molar-refractivity contribution >= 4 is 24.1 Å². The molecule has 0 saturated carbocycles. The van der Waals surface area contributed by atoms with E-state index in [0.29, 0.717) is 31.6 Å². The SMILES string of the molecule is CCCC(=O)NOC(=O)c1ccc(C(c2ccccc2)(c2ccc(OC)cc2)C(O)CCCCCNC(=O)CCC=O)cc1. The van der Waals surface area contributed by atoms with Crippen LogP contribution in [0, 0.1) is 0 Å². The van der Waals surface area contributed by atoms with Crippen LogP contribution in [0.1, 0.15) is 85.3 Å². The number of benzene rings is 3. The van der Waals surface area contributed by atoms with E-state index in [-0.39, 0.29) is 36.6 Å². The molecule has 0 spiro atoms. The number of unbranched alkanes of at least 4 members (excludes halogenated alkanes) is 2. The predicted octanol–water partition coefficient (Wildman–Crippen LogP) is 5.03. The molecule has 2 unspecified atom stereocenters. The summed E-state index contributed by atoms with van der Waals surface area (Å²) < 4.78 is 5.40. The van der Waals surface area contributed by atoms with Gasteiger partial charge < -0.3 is 24.8 Å². The van der Waals surface area contributed by atoms with Gasteiger partial charge in [0.15, 0.2) is 0 Å². The average molecular weight is 603 g/mol. The third-order valence-electron chi connectivity index (χ3n) is 7.55. The van der Waals surface area contributed by atoms with Crippen LogP contribution >= 0.6 is 0 Å². The number of methoxy groups -OCH3 is 1. The minimum absolute atomic E-state index is 0.143. The standard InChI is InChI=1S/C35H42N2O7/c1-3-11-33(41)37-44-34(42)26-16-18-28(19-17-26)35(27-12-6-4-7-13-27,29-20-22-30(43-2)23-21-29)31(39)14-8-5-9-24-36-32(40)15-10-25-38/h4,6-7,12-13,16-23,25,31,39H,3,5,8-11,14-15,24H2,1-2H3,(H,36,40)(H,37,41). The number of rotatable bonds is 17. The van der Waals surface area contributed by atoms with Crippen molar-refractivity contribution in [3.63, 3.8) is 0 Å². The Morgan fingerprint density at radius 3 is 2.09 bits per heavy atom. The van der Waals surface area contributed by atoms with E-state index in [1.807, 2.05) is 61.5 Å². The van der Waals surface area contributed by atoms with Gasteiger partial charge in [0.05, 0.1) is 24.2 Å². The first-order valence-electron chi connectivity index (χ1n) is 15.1. The maximum Gasteiger partial charge on any atom is 0.362 e.